The SMILES string of the molecule is CC[C@H](C)NC(=O)[C@@H]1C[C@H](c2ccc(F)c(C)c2)CN(Cc2ccccc2Cl)C1. The minimum Gasteiger partial charge on any atom is -0.353 e. The van der Waals surface area contributed by atoms with Crippen LogP contribution < -0.4 is 5.32 Å². The zero-order valence-electron chi connectivity index (χ0n) is 17.4. The van der Waals surface area contributed by atoms with Gasteiger partial charge in [0.25, 0.3) is 0 Å². The number of aryl methyl sites for hydroxylation is 1. The molecule has 29 heavy (non-hydrogen) atoms. The predicted molar refractivity (Wildman–Crippen MR) is 117 cm³/mol. The van der Waals surface area contributed by atoms with Gasteiger partial charge in [-0.2, -0.15) is 0 Å². The Morgan fingerprint density at radius 3 is 2.72 bits per heavy atom. The topological polar surface area (TPSA) is 32.3 Å². The first-order valence-corrected chi connectivity index (χ1v) is 10.8. The summed E-state index contributed by atoms with van der Waals surface area (Å²) in [4.78, 5) is 15.2. The van der Waals surface area contributed by atoms with Gasteiger partial charge in [0.05, 0.1) is 5.92 Å². The van der Waals surface area contributed by atoms with E-state index in [1.807, 2.05) is 43.3 Å². The number of hydrogen-bond donors (Lipinski definition) is 1. The van der Waals surface area contributed by atoms with Crippen LogP contribution in [0.4, 0.5) is 4.39 Å². The molecule has 156 valence electrons. The highest BCUT2D eigenvalue weighted by Gasteiger charge is 2.33. The smallest absolute Gasteiger partial charge is 0.224 e. The summed E-state index contributed by atoms with van der Waals surface area (Å²) < 4.78 is 13.8. The number of nitrogens with one attached hydrogen (secondary N) is 1. The van der Waals surface area contributed by atoms with Crippen LogP contribution in [0, 0.1) is 18.7 Å². The number of piperidine rings is 1. The van der Waals surface area contributed by atoms with Crippen LogP contribution in [0.3, 0.4) is 0 Å². The monoisotopic (exact) mass is 416 g/mol. The summed E-state index contributed by atoms with van der Waals surface area (Å²) in [6.07, 6.45) is 1.68. The number of hydrogen-bond acceptors (Lipinski definition) is 2. The maximum Gasteiger partial charge on any atom is 0.224 e. The van der Waals surface area contributed by atoms with Gasteiger partial charge in [-0.25, -0.2) is 4.39 Å². The predicted octanol–water partition coefficient (Wildman–Crippen LogP) is 5.31. The third kappa shape index (κ3) is 5.58. The van der Waals surface area contributed by atoms with E-state index in [1.54, 1.807) is 6.92 Å². The first-order chi connectivity index (χ1) is 13.9. The van der Waals surface area contributed by atoms with Crippen molar-refractivity contribution < 1.29 is 9.18 Å². The molecule has 0 aliphatic carbocycles. The van der Waals surface area contributed by atoms with Crippen LogP contribution in [0.25, 0.3) is 0 Å². The molecule has 2 aromatic carbocycles. The van der Waals surface area contributed by atoms with E-state index in [4.69, 9.17) is 11.6 Å². The van der Waals surface area contributed by atoms with Crippen LogP contribution >= 0.6 is 11.6 Å². The van der Waals surface area contributed by atoms with Crippen molar-refractivity contribution >= 4 is 17.5 Å². The van der Waals surface area contributed by atoms with E-state index in [9.17, 15) is 9.18 Å². The molecule has 2 aromatic rings. The molecule has 0 radical (unpaired) electrons. The molecule has 3 rings (SSSR count). The lowest BCUT2D eigenvalue weighted by molar-refractivity contribution is -0.127. The van der Waals surface area contributed by atoms with E-state index >= 15 is 0 Å². The van der Waals surface area contributed by atoms with Crippen LogP contribution in [0.1, 0.15) is 49.3 Å². The minimum absolute atomic E-state index is 0.101. The summed E-state index contributed by atoms with van der Waals surface area (Å²) >= 11 is 6.37. The number of likely N-dealkylation sites (tertiary alicyclic amines) is 1. The van der Waals surface area contributed by atoms with Crippen LogP contribution in [0.2, 0.25) is 5.02 Å². The molecule has 1 saturated heterocycles. The van der Waals surface area contributed by atoms with Gasteiger partial charge in [0.15, 0.2) is 0 Å². The number of amides is 1. The van der Waals surface area contributed by atoms with Crippen molar-refractivity contribution in [1.82, 2.24) is 10.2 Å². The molecule has 1 fully saturated rings. The summed E-state index contributed by atoms with van der Waals surface area (Å²) in [5, 5.41) is 3.88. The Hall–Kier alpha value is -1.91. The van der Waals surface area contributed by atoms with Crippen molar-refractivity contribution in [2.24, 2.45) is 5.92 Å². The Kier molecular flexibility index (Phi) is 7.31. The molecule has 1 aliphatic rings. The maximum absolute atomic E-state index is 13.8. The molecule has 0 aromatic heterocycles. The van der Waals surface area contributed by atoms with Crippen LogP contribution in [-0.4, -0.2) is 29.9 Å². The number of carbonyl (C=O) groups excluding carboxylic acids is 1. The van der Waals surface area contributed by atoms with E-state index in [1.165, 1.54) is 6.07 Å². The highest BCUT2D eigenvalue weighted by atomic mass is 35.5. The van der Waals surface area contributed by atoms with Crippen LogP contribution in [-0.2, 0) is 11.3 Å². The zero-order chi connectivity index (χ0) is 21.0. The summed E-state index contributed by atoms with van der Waals surface area (Å²) in [7, 11) is 0. The lowest BCUT2D eigenvalue weighted by atomic mass is 9.83. The van der Waals surface area contributed by atoms with Gasteiger partial charge < -0.3 is 5.32 Å². The molecule has 5 heteroatoms. The molecule has 0 spiro atoms. The van der Waals surface area contributed by atoms with Gasteiger partial charge in [-0.1, -0.05) is 48.9 Å². The first-order valence-electron chi connectivity index (χ1n) is 10.4. The molecule has 1 heterocycles. The Labute approximate surface area is 178 Å². The Morgan fingerprint density at radius 2 is 2.03 bits per heavy atom. The second-order valence-electron chi connectivity index (χ2n) is 8.24. The van der Waals surface area contributed by atoms with Gasteiger partial charge in [0.1, 0.15) is 5.82 Å². The van der Waals surface area contributed by atoms with Gasteiger partial charge in [-0.15, -0.1) is 0 Å². The fourth-order valence-electron chi connectivity index (χ4n) is 4.00. The Balaban J connectivity index is 1.83. The molecular weight excluding hydrogens is 387 g/mol. The van der Waals surface area contributed by atoms with E-state index in [0.29, 0.717) is 18.7 Å². The summed E-state index contributed by atoms with van der Waals surface area (Å²) in [5.74, 6) is -0.00981. The lowest BCUT2D eigenvalue weighted by Crippen LogP contribution is -2.47. The average molecular weight is 417 g/mol. The highest BCUT2D eigenvalue weighted by molar-refractivity contribution is 6.31. The van der Waals surface area contributed by atoms with Gasteiger partial charge >= 0.3 is 0 Å². The van der Waals surface area contributed by atoms with E-state index in [0.717, 1.165) is 35.5 Å². The Morgan fingerprint density at radius 1 is 1.28 bits per heavy atom. The number of benzene rings is 2. The second-order valence-corrected chi connectivity index (χ2v) is 8.65. The van der Waals surface area contributed by atoms with E-state index in [2.05, 4.69) is 17.1 Å². The first kappa shape index (κ1) is 21.8. The molecule has 0 bridgehead atoms. The molecule has 0 unspecified atom stereocenters. The zero-order valence-corrected chi connectivity index (χ0v) is 18.2. The number of rotatable bonds is 6. The van der Waals surface area contributed by atoms with Crippen molar-refractivity contribution in [2.75, 3.05) is 13.1 Å². The van der Waals surface area contributed by atoms with Gasteiger partial charge in [0.2, 0.25) is 5.91 Å². The fraction of sp³-hybridized carbons (Fsp3) is 0.458. The number of halogens is 2. The molecule has 3 nitrogen and oxygen atoms in total. The second kappa shape index (κ2) is 9.73. The quantitative estimate of drug-likeness (QED) is 0.692. The van der Waals surface area contributed by atoms with Crippen molar-refractivity contribution in [1.29, 1.82) is 0 Å². The van der Waals surface area contributed by atoms with Gasteiger partial charge in [-0.05, 0) is 61.4 Å². The van der Waals surface area contributed by atoms with Crippen molar-refractivity contribution in [3.63, 3.8) is 0 Å². The average Bonchev–Trinajstić information content (AvgIpc) is 2.71. The maximum atomic E-state index is 13.8. The molecule has 1 aliphatic heterocycles. The number of nitrogens with zero attached hydrogens (tertiary/aromatic N) is 1. The lowest BCUT2D eigenvalue weighted by Gasteiger charge is -2.38. The van der Waals surface area contributed by atoms with Gasteiger partial charge in [0, 0.05) is 30.7 Å². The van der Waals surface area contributed by atoms with Crippen LogP contribution in [0.15, 0.2) is 42.5 Å². The summed E-state index contributed by atoms with van der Waals surface area (Å²) in [6, 6.07) is 13.3. The normalized spacial score (nSPS) is 21.0. The molecule has 3 atom stereocenters. The molecule has 1 amide bonds. The summed E-state index contributed by atoms with van der Waals surface area (Å²) in [6.45, 7) is 8.11. The fourth-order valence-corrected chi connectivity index (χ4v) is 4.20. The molecular formula is C24H30ClFN2O. The molecule has 0 saturated carbocycles. The van der Waals surface area contributed by atoms with Crippen molar-refractivity contribution in [2.45, 2.75) is 52.1 Å². The van der Waals surface area contributed by atoms with Crippen LogP contribution in [0.5, 0.6) is 0 Å². The highest BCUT2D eigenvalue weighted by Crippen LogP contribution is 2.33. The van der Waals surface area contributed by atoms with Gasteiger partial charge in [-0.3, -0.25) is 9.69 Å². The van der Waals surface area contributed by atoms with Crippen molar-refractivity contribution in [3.8, 4) is 0 Å². The largest absolute Gasteiger partial charge is 0.353 e. The summed E-state index contributed by atoms with van der Waals surface area (Å²) in [5.41, 5.74) is 2.80. The third-order valence-electron chi connectivity index (χ3n) is 5.90. The van der Waals surface area contributed by atoms with E-state index in [-0.39, 0.29) is 29.6 Å². The number of carbonyl (C=O) groups is 1. The standard InChI is InChI=1S/C24H30ClFN2O/c1-4-17(3)27-24(29)21-12-20(18-9-10-23(26)16(2)11-18)14-28(15-21)13-19-7-5-6-8-22(19)25/h5-11,17,20-21H,4,12-15H2,1-3H3,(H,27,29)/t17-,20-,21+/m0/s1. The Bertz CT molecular complexity index is 857. The third-order valence-corrected chi connectivity index (χ3v) is 6.27. The molecule has 1 N–H and O–H groups in total. The van der Waals surface area contributed by atoms with E-state index < -0.39 is 0 Å². The minimum atomic E-state index is -0.191. The van der Waals surface area contributed by atoms with Crippen molar-refractivity contribution in [3.05, 3.63) is 70.0 Å².